The maximum Gasteiger partial charge on any atom is 0.306 e. The highest BCUT2D eigenvalue weighted by atomic mass is 16.5. The molecule has 0 saturated heterocycles. The van der Waals surface area contributed by atoms with Gasteiger partial charge in [-0.05, 0) is 37.6 Å². The Kier molecular flexibility index (Phi) is 10.9. The largest absolute Gasteiger partial charge is 0.456 e. The molecule has 0 bridgehead atoms. The van der Waals surface area contributed by atoms with E-state index in [1.54, 1.807) is 4.90 Å². The number of carbonyl (C=O) groups is 2. The molecular formula is C16H32N2O3. The minimum absolute atomic E-state index is 0.111. The van der Waals surface area contributed by atoms with Crippen molar-refractivity contribution in [3.63, 3.8) is 0 Å². The van der Waals surface area contributed by atoms with Crippen molar-refractivity contribution in [1.29, 1.82) is 0 Å². The monoisotopic (exact) mass is 300 g/mol. The predicted octanol–water partition coefficient (Wildman–Crippen LogP) is 2.19. The summed E-state index contributed by atoms with van der Waals surface area (Å²) >= 11 is 0. The molecule has 124 valence electrons. The molecule has 1 atom stereocenters. The van der Waals surface area contributed by atoms with Crippen LogP contribution in [0.15, 0.2) is 0 Å². The number of carbonyl (C=O) groups excluding carboxylic acids is 2. The van der Waals surface area contributed by atoms with Crippen molar-refractivity contribution < 1.29 is 14.3 Å². The Morgan fingerprint density at radius 3 is 2.14 bits per heavy atom. The molecule has 0 spiro atoms. The lowest BCUT2D eigenvalue weighted by molar-refractivity contribution is -0.152. The second-order valence-corrected chi connectivity index (χ2v) is 5.98. The Morgan fingerprint density at radius 2 is 1.71 bits per heavy atom. The molecule has 0 aliphatic rings. The van der Waals surface area contributed by atoms with Gasteiger partial charge in [0.05, 0.1) is 0 Å². The molecule has 0 aliphatic carbocycles. The predicted molar refractivity (Wildman–Crippen MR) is 84.7 cm³/mol. The van der Waals surface area contributed by atoms with Crippen LogP contribution >= 0.6 is 0 Å². The highest BCUT2D eigenvalue weighted by Gasteiger charge is 2.18. The topological polar surface area (TPSA) is 72.6 Å². The highest BCUT2D eigenvalue weighted by molar-refractivity contribution is 5.80. The van der Waals surface area contributed by atoms with E-state index in [0.717, 1.165) is 19.3 Å². The standard InChI is InChI=1S/C16H32N2O3/c1-5-7-18(8-6-2)15(19)12-21-16(20)10-14(11-17)9-13(3)4/h13-14H,5-12,17H2,1-4H3/t14-/m0/s1. The molecule has 5 heteroatoms. The smallest absolute Gasteiger partial charge is 0.306 e. The fourth-order valence-corrected chi connectivity index (χ4v) is 2.36. The molecule has 0 aliphatic heterocycles. The molecule has 0 radical (unpaired) electrons. The molecule has 2 N–H and O–H groups in total. The van der Waals surface area contributed by atoms with Gasteiger partial charge in [0.15, 0.2) is 6.61 Å². The van der Waals surface area contributed by atoms with E-state index in [2.05, 4.69) is 13.8 Å². The van der Waals surface area contributed by atoms with E-state index >= 15 is 0 Å². The first kappa shape index (κ1) is 19.9. The number of nitrogens with two attached hydrogens (primary N) is 1. The quantitative estimate of drug-likeness (QED) is 0.594. The summed E-state index contributed by atoms with van der Waals surface area (Å²) in [6, 6.07) is 0. The molecule has 0 aromatic carbocycles. The van der Waals surface area contributed by atoms with Gasteiger partial charge in [0.25, 0.3) is 5.91 Å². The lowest BCUT2D eigenvalue weighted by Gasteiger charge is -2.21. The van der Waals surface area contributed by atoms with Crippen molar-refractivity contribution in [1.82, 2.24) is 4.90 Å². The Labute approximate surface area is 129 Å². The normalized spacial score (nSPS) is 12.3. The van der Waals surface area contributed by atoms with Gasteiger partial charge in [-0.15, -0.1) is 0 Å². The molecule has 5 nitrogen and oxygen atoms in total. The molecule has 0 heterocycles. The van der Waals surface area contributed by atoms with Crippen molar-refractivity contribution in [3.05, 3.63) is 0 Å². The lowest BCUT2D eigenvalue weighted by Crippen LogP contribution is -2.36. The number of amides is 1. The van der Waals surface area contributed by atoms with Crippen LogP contribution in [0.4, 0.5) is 0 Å². The number of ether oxygens (including phenoxy) is 1. The van der Waals surface area contributed by atoms with Crippen LogP contribution in [0.25, 0.3) is 0 Å². The summed E-state index contributed by atoms with van der Waals surface area (Å²) in [5, 5.41) is 0. The first-order chi connectivity index (χ1) is 9.94. The molecule has 0 saturated carbocycles. The Morgan fingerprint density at radius 1 is 1.14 bits per heavy atom. The fourth-order valence-electron chi connectivity index (χ4n) is 2.36. The van der Waals surface area contributed by atoms with Gasteiger partial charge in [0.1, 0.15) is 0 Å². The van der Waals surface area contributed by atoms with Gasteiger partial charge in [-0.1, -0.05) is 27.7 Å². The molecule has 0 rings (SSSR count). The van der Waals surface area contributed by atoms with Crippen LogP contribution in [-0.2, 0) is 14.3 Å². The molecular weight excluding hydrogens is 268 g/mol. The summed E-state index contributed by atoms with van der Waals surface area (Å²) < 4.78 is 5.11. The van der Waals surface area contributed by atoms with Crippen molar-refractivity contribution in [2.45, 2.75) is 53.4 Å². The van der Waals surface area contributed by atoms with Gasteiger partial charge >= 0.3 is 5.97 Å². The minimum atomic E-state index is -0.326. The maximum absolute atomic E-state index is 12.0. The number of rotatable bonds is 11. The van der Waals surface area contributed by atoms with Crippen molar-refractivity contribution in [3.8, 4) is 0 Å². The van der Waals surface area contributed by atoms with E-state index in [1.807, 2.05) is 13.8 Å². The van der Waals surface area contributed by atoms with Crippen LogP contribution in [0.1, 0.15) is 53.4 Å². The summed E-state index contributed by atoms with van der Waals surface area (Å²) in [5.74, 6) is 0.195. The zero-order valence-electron chi connectivity index (χ0n) is 14.1. The third-order valence-electron chi connectivity index (χ3n) is 3.29. The molecule has 1 amide bonds. The first-order valence-corrected chi connectivity index (χ1v) is 8.07. The highest BCUT2D eigenvalue weighted by Crippen LogP contribution is 2.14. The van der Waals surface area contributed by atoms with Crippen molar-refractivity contribution >= 4 is 11.9 Å². The number of esters is 1. The van der Waals surface area contributed by atoms with E-state index in [4.69, 9.17) is 10.5 Å². The summed E-state index contributed by atoms with van der Waals surface area (Å²) in [6.45, 7) is 10.00. The second kappa shape index (κ2) is 11.5. The average molecular weight is 300 g/mol. The van der Waals surface area contributed by atoms with Crippen molar-refractivity contribution in [2.24, 2.45) is 17.6 Å². The van der Waals surface area contributed by atoms with Gasteiger partial charge in [-0.25, -0.2) is 0 Å². The van der Waals surface area contributed by atoms with E-state index in [9.17, 15) is 9.59 Å². The minimum Gasteiger partial charge on any atom is -0.456 e. The van der Waals surface area contributed by atoms with Gasteiger partial charge in [-0.3, -0.25) is 9.59 Å². The van der Waals surface area contributed by atoms with Crippen LogP contribution in [-0.4, -0.2) is 43.0 Å². The van der Waals surface area contributed by atoms with Crippen LogP contribution in [0.5, 0.6) is 0 Å². The van der Waals surface area contributed by atoms with Gasteiger partial charge in [0.2, 0.25) is 0 Å². The van der Waals surface area contributed by atoms with Crippen LogP contribution < -0.4 is 5.73 Å². The summed E-state index contributed by atoms with van der Waals surface area (Å²) in [6.07, 6.45) is 3.01. The molecule has 0 aromatic heterocycles. The molecule has 0 fully saturated rings. The SMILES string of the molecule is CCCN(CCC)C(=O)COC(=O)C[C@@H](CN)CC(C)C. The first-order valence-electron chi connectivity index (χ1n) is 8.07. The number of hydrogen-bond donors (Lipinski definition) is 1. The third kappa shape index (κ3) is 9.45. The van der Waals surface area contributed by atoms with E-state index < -0.39 is 0 Å². The van der Waals surface area contributed by atoms with Crippen LogP contribution in [0, 0.1) is 11.8 Å². The third-order valence-corrected chi connectivity index (χ3v) is 3.29. The lowest BCUT2D eigenvalue weighted by atomic mass is 9.94. The summed E-state index contributed by atoms with van der Waals surface area (Å²) in [7, 11) is 0. The number of hydrogen-bond acceptors (Lipinski definition) is 4. The molecule has 0 aromatic rings. The van der Waals surface area contributed by atoms with E-state index in [1.165, 1.54) is 0 Å². The van der Waals surface area contributed by atoms with Gasteiger partial charge < -0.3 is 15.4 Å². The maximum atomic E-state index is 12.0. The Bertz CT molecular complexity index is 300. The van der Waals surface area contributed by atoms with E-state index in [0.29, 0.717) is 32.0 Å². The second-order valence-electron chi connectivity index (χ2n) is 5.98. The zero-order chi connectivity index (χ0) is 16.3. The van der Waals surface area contributed by atoms with Gasteiger partial charge in [0, 0.05) is 19.5 Å². The Balaban J connectivity index is 4.17. The van der Waals surface area contributed by atoms with Crippen LogP contribution in [0.3, 0.4) is 0 Å². The molecule has 0 unspecified atom stereocenters. The number of nitrogens with zero attached hydrogens (tertiary/aromatic N) is 1. The summed E-state index contributed by atoms with van der Waals surface area (Å²) in [5.41, 5.74) is 5.67. The zero-order valence-corrected chi connectivity index (χ0v) is 14.1. The fraction of sp³-hybridized carbons (Fsp3) is 0.875. The van der Waals surface area contributed by atoms with Crippen molar-refractivity contribution in [2.75, 3.05) is 26.2 Å². The van der Waals surface area contributed by atoms with Gasteiger partial charge in [-0.2, -0.15) is 0 Å². The molecule has 21 heavy (non-hydrogen) atoms. The Hall–Kier alpha value is -1.10. The van der Waals surface area contributed by atoms with Crippen LogP contribution in [0.2, 0.25) is 0 Å². The van der Waals surface area contributed by atoms with E-state index in [-0.39, 0.29) is 24.4 Å². The summed E-state index contributed by atoms with van der Waals surface area (Å²) in [4.78, 5) is 25.5. The average Bonchev–Trinajstić information content (AvgIpc) is 2.43.